The molecule has 2 N–H and O–H groups in total. The maximum absolute atomic E-state index is 5.73. The van der Waals surface area contributed by atoms with Crippen LogP contribution < -0.4 is 20.3 Å². The van der Waals surface area contributed by atoms with Crippen molar-refractivity contribution in [3.8, 4) is 5.75 Å². The quantitative estimate of drug-likeness (QED) is 0.588. The molecule has 1 saturated heterocycles. The number of nitrogens with zero attached hydrogens (tertiary/aromatic N) is 4. The van der Waals surface area contributed by atoms with Crippen LogP contribution in [0.1, 0.15) is 18.1 Å². The summed E-state index contributed by atoms with van der Waals surface area (Å²) in [6, 6.07) is 13.9. The highest BCUT2D eigenvalue weighted by atomic mass is 16.5. The second-order valence-corrected chi connectivity index (χ2v) is 7.36. The van der Waals surface area contributed by atoms with Gasteiger partial charge in [0.05, 0.1) is 25.5 Å². The number of hydrogen-bond donors (Lipinski definition) is 2. The summed E-state index contributed by atoms with van der Waals surface area (Å²) in [6.07, 6.45) is 0. The number of para-hydroxylation sites is 2. The Morgan fingerprint density at radius 2 is 1.68 bits per heavy atom. The topological polar surface area (TPSA) is 84.4 Å². The highest BCUT2D eigenvalue weighted by Gasteiger charge is 2.17. The summed E-state index contributed by atoms with van der Waals surface area (Å²) in [5, 5.41) is 6.62. The van der Waals surface area contributed by atoms with E-state index < -0.39 is 0 Å². The van der Waals surface area contributed by atoms with E-state index in [-0.39, 0.29) is 0 Å². The Hall–Kier alpha value is -3.39. The molecule has 1 aromatic heterocycles. The number of aryl methyl sites for hydroxylation is 2. The molecule has 0 unspecified atom stereocenters. The van der Waals surface area contributed by atoms with E-state index in [0.717, 1.165) is 30.2 Å². The lowest BCUT2D eigenvalue weighted by molar-refractivity contribution is 0.122. The Kier molecular flexibility index (Phi) is 6.47. The monoisotopic (exact) mass is 420 g/mol. The predicted molar refractivity (Wildman–Crippen MR) is 123 cm³/mol. The fourth-order valence-corrected chi connectivity index (χ4v) is 3.30. The average molecular weight is 421 g/mol. The van der Waals surface area contributed by atoms with Gasteiger partial charge >= 0.3 is 0 Å². The van der Waals surface area contributed by atoms with E-state index >= 15 is 0 Å². The van der Waals surface area contributed by atoms with Crippen molar-refractivity contribution in [3.05, 3.63) is 53.6 Å². The summed E-state index contributed by atoms with van der Waals surface area (Å²) in [5.74, 6) is 2.30. The van der Waals surface area contributed by atoms with Gasteiger partial charge in [0.15, 0.2) is 0 Å². The molecule has 162 valence electrons. The van der Waals surface area contributed by atoms with Crippen LogP contribution in [0.3, 0.4) is 0 Å². The Bertz CT molecular complexity index is 1040. The normalized spacial score (nSPS) is 13.7. The van der Waals surface area contributed by atoms with Gasteiger partial charge in [-0.1, -0.05) is 18.2 Å². The molecule has 2 aromatic carbocycles. The van der Waals surface area contributed by atoms with Gasteiger partial charge in [0.2, 0.25) is 17.8 Å². The lowest BCUT2D eigenvalue weighted by Crippen LogP contribution is -2.37. The molecule has 0 bridgehead atoms. The van der Waals surface area contributed by atoms with Crippen LogP contribution in [0.4, 0.5) is 29.2 Å². The van der Waals surface area contributed by atoms with Gasteiger partial charge in [-0.2, -0.15) is 15.0 Å². The fraction of sp³-hybridized carbons (Fsp3) is 0.348. The van der Waals surface area contributed by atoms with Gasteiger partial charge in [0, 0.05) is 18.8 Å². The summed E-state index contributed by atoms with van der Waals surface area (Å²) >= 11 is 0. The number of anilines is 5. The lowest BCUT2D eigenvalue weighted by Gasteiger charge is -2.27. The van der Waals surface area contributed by atoms with Crippen molar-refractivity contribution < 1.29 is 9.47 Å². The number of benzene rings is 2. The third kappa shape index (κ3) is 5.21. The first kappa shape index (κ1) is 20.9. The molecule has 31 heavy (non-hydrogen) atoms. The van der Waals surface area contributed by atoms with Crippen molar-refractivity contribution in [1.82, 2.24) is 15.0 Å². The third-order valence-electron chi connectivity index (χ3n) is 5.11. The molecule has 0 radical (unpaired) electrons. The Morgan fingerprint density at radius 1 is 0.935 bits per heavy atom. The molecule has 0 spiro atoms. The van der Waals surface area contributed by atoms with E-state index in [1.807, 2.05) is 37.3 Å². The van der Waals surface area contributed by atoms with Crippen LogP contribution in [0.15, 0.2) is 42.5 Å². The minimum Gasteiger partial charge on any atom is -0.492 e. The summed E-state index contributed by atoms with van der Waals surface area (Å²) in [6.45, 7) is 9.50. The maximum atomic E-state index is 5.73. The van der Waals surface area contributed by atoms with E-state index in [4.69, 9.17) is 9.47 Å². The summed E-state index contributed by atoms with van der Waals surface area (Å²) < 4.78 is 11.2. The number of rotatable bonds is 7. The molecule has 8 nitrogen and oxygen atoms in total. The molecular weight excluding hydrogens is 392 g/mol. The van der Waals surface area contributed by atoms with Gasteiger partial charge in [-0.05, 0) is 56.2 Å². The van der Waals surface area contributed by atoms with Crippen LogP contribution in [-0.4, -0.2) is 47.9 Å². The van der Waals surface area contributed by atoms with Crippen molar-refractivity contribution in [3.63, 3.8) is 0 Å². The highest BCUT2D eigenvalue weighted by molar-refractivity contribution is 5.64. The van der Waals surface area contributed by atoms with Crippen LogP contribution in [0.5, 0.6) is 5.75 Å². The zero-order chi connectivity index (χ0) is 21.6. The van der Waals surface area contributed by atoms with Crippen molar-refractivity contribution in [2.45, 2.75) is 20.8 Å². The van der Waals surface area contributed by atoms with Crippen LogP contribution in [0.25, 0.3) is 0 Å². The summed E-state index contributed by atoms with van der Waals surface area (Å²) in [4.78, 5) is 16.1. The van der Waals surface area contributed by atoms with Gasteiger partial charge in [0.1, 0.15) is 5.75 Å². The van der Waals surface area contributed by atoms with E-state index in [9.17, 15) is 0 Å². The Labute approximate surface area is 182 Å². The summed E-state index contributed by atoms with van der Waals surface area (Å²) in [5.41, 5.74) is 4.19. The molecular formula is C23H28N6O2. The second kappa shape index (κ2) is 9.61. The molecule has 0 saturated carbocycles. The molecule has 0 aliphatic carbocycles. The van der Waals surface area contributed by atoms with Crippen LogP contribution in [-0.2, 0) is 4.74 Å². The highest BCUT2D eigenvalue weighted by Crippen LogP contribution is 2.28. The predicted octanol–water partition coefficient (Wildman–Crippen LogP) is 4.21. The zero-order valence-electron chi connectivity index (χ0n) is 18.2. The van der Waals surface area contributed by atoms with Gasteiger partial charge in [-0.25, -0.2) is 0 Å². The Morgan fingerprint density at radius 3 is 2.42 bits per heavy atom. The smallest absolute Gasteiger partial charge is 0.233 e. The minimum atomic E-state index is 0.454. The molecule has 1 fully saturated rings. The Balaban J connectivity index is 1.66. The molecule has 3 aromatic rings. The molecule has 0 atom stereocenters. The van der Waals surface area contributed by atoms with E-state index in [2.05, 4.69) is 56.5 Å². The van der Waals surface area contributed by atoms with Gasteiger partial charge < -0.3 is 25.0 Å². The first-order chi connectivity index (χ1) is 15.1. The molecule has 1 aliphatic heterocycles. The first-order valence-electron chi connectivity index (χ1n) is 10.5. The zero-order valence-corrected chi connectivity index (χ0v) is 18.2. The van der Waals surface area contributed by atoms with Gasteiger partial charge in [-0.15, -0.1) is 0 Å². The first-order valence-corrected chi connectivity index (χ1v) is 10.5. The van der Waals surface area contributed by atoms with Crippen LogP contribution in [0, 0.1) is 13.8 Å². The van der Waals surface area contributed by atoms with E-state index in [1.165, 1.54) is 11.1 Å². The van der Waals surface area contributed by atoms with Crippen LogP contribution >= 0.6 is 0 Å². The van der Waals surface area contributed by atoms with E-state index in [1.54, 1.807) is 0 Å². The SMILES string of the molecule is CCOc1ccccc1Nc1nc(Nc2ccc(C)c(C)c2)nc(N2CCOCC2)n1. The van der Waals surface area contributed by atoms with E-state index in [0.29, 0.717) is 37.7 Å². The molecule has 4 rings (SSSR count). The molecule has 1 aliphatic rings. The van der Waals surface area contributed by atoms with Crippen molar-refractivity contribution in [2.24, 2.45) is 0 Å². The van der Waals surface area contributed by atoms with Crippen molar-refractivity contribution in [1.29, 1.82) is 0 Å². The molecule has 8 heteroatoms. The van der Waals surface area contributed by atoms with Gasteiger partial charge in [0.25, 0.3) is 0 Å². The number of ether oxygens (including phenoxy) is 2. The van der Waals surface area contributed by atoms with Crippen molar-refractivity contribution in [2.75, 3.05) is 48.4 Å². The maximum Gasteiger partial charge on any atom is 0.233 e. The fourth-order valence-electron chi connectivity index (χ4n) is 3.30. The molecule has 0 amide bonds. The lowest BCUT2D eigenvalue weighted by atomic mass is 10.1. The molecule has 2 heterocycles. The standard InChI is InChI=1S/C23H28N6O2/c1-4-31-20-8-6-5-7-19(20)25-22-26-21(24-18-10-9-16(2)17(3)15-18)27-23(28-22)29-11-13-30-14-12-29/h5-10,15H,4,11-14H2,1-3H3,(H2,24,25,26,27,28). The minimum absolute atomic E-state index is 0.454. The number of hydrogen-bond acceptors (Lipinski definition) is 8. The number of nitrogens with one attached hydrogen (secondary N) is 2. The van der Waals surface area contributed by atoms with Crippen molar-refractivity contribution >= 4 is 29.2 Å². The average Bonchev–Trinajstić information content (AvgIpc) is 2.78. The summed E-state index contributed by atoms with van der Waals surface area (Å²) in [7, 11) is 0. The number of aromatic nitrogens is 3. The largest absolute Gasteiger partial charge is 0.492 e. The third-order valence-corrected chi connectivity index (χ3v) is 5.11. The number of morpholine rings is 1. The van der Waals surface area contributed by atoms with Crippen LogP contribution in [0.2, 0.25) is 0 Å². The van der Waals surface area contributed by atoms with Gasteiger partial charge in [-0.3, -0.25) is 0 Å². The second-order valence-electron chi connectivity index (χ2n) is 7.36.